The van der Waals surface area contributed by atoms with E-state index >= 15 is 0 Å². The van der Waals surface area contributed by atoms with Gasteiger partial charge in [0.15, 0.2) is 5.16 Å². The predicted octanol–water partition coefficient (Wildman–Crippen LogP) is 5.26. The normalized spacial score (nSPS) is 11.1. The summed E-state index contributed by atoms with van der Waals surface area (Å²) >= 11 is 2.68. The zero-order chi connectivity index (χ0) is 22.0. The van der Waals surface area contributed by atoms with Crippen LogP contribution in [-0.2, 0) is 18.3 Å². The smallest absolute Gasteiger partial charge is 0.271 e. The van der Waals surface area contributed by atoms with Gasteiger partial charge in [-0.3, -0.25) is 14.2 Å². The summed E-state index contributed by atoms with van der Waals surface area (Å²) in [5, 5.41) is 5.43. The van der Waals surface area contributed by atoms with Crippen LogP contribution in [0.1, 0.15) is 18.1 Å². The lowest BCUT2D eigenvalue weighted by Crippen LogP contribution is -2.20. The maximum absolute atomic E-state index is 12.9. The Morgan fingerprint density at radius 1 is 1.19 bits per heavy atom. The number of carbonyl (C=O) groups is 1. The number of aromatic nitrogens is 2. The number of hydrogen-bond donors (Lipinski definition) is 1. The summed E-state index contributed by atoms with van der Waals surface area (Å²) in [6.45, 7) is 4.12. The minimum atomic E-state index is -0.128. The molecule has 0 saturated heterocycles. The van der Waals surface area contributed by atoms with Crippen LogP contribution in [0.4, 0.5) is 5.69 Å². The molecule has 1 amide bonds. The molecule has 5 nitrogen and oxygen atoms in total. The lowest BCUT2D eigenvalue weighted by molar-refractivity contribution is -0.113. The number of aryl methyl sites for hydroxylation is 2. The summed E-state index contributed by atoms with van der Waals surface area (Å²) in [5.41, 5.74) is 5.70. The average Bonchev–Trinajstić information content (AvgIpc) is 3.20. The summed E-state index contributed by atoms with van der Waals surface area (Å²) in [6, 6.07) is 16.0. The average molecular weight is 450 g/mol. The Morgan fingerprint density at radius 2 is 1.97 bits per heavy atom. The van der Waals surface area contributed by atoms with E-state index in [1.54, 1.807) is 7.05 Å². The zero-order valence-corrected chi connectivity index (χ0v) is 19.3. The maximum Gasteiger partial charge on any atom is 0.271 e. The molecule has 2 aromatic heterocycles. The number of anilines is 1. The summed E-state index contributed by atoms with van der Waals surface area (Å²) in [4.78, 5) is 30.1. The van der Waals surface area contributed by atoms with Gasteiger partial charge in [0, 0.05) is 23.7 Å². The lowest BCUT2D eigenvalue weighted by Gasteiger charge is -2.09. The third-order valence-corrected chi connectivity index (χ3v) is 7.06. The molecule has 0 aliphatic carbocycles. The van der Waals surface area contributed by atoms with Crippen LogP contribution in [-0.4, -0.2) is 21.2 Å². The van der Waals surface area contributed by atoms with Crippen molar-refractivity contribution in [2.24, 2.45) is 7.05 Å². The van der Waals surface area contributed by atoms with Crippen molar-refractivity contribution < 1.29 is 4.79 Å². The van der Waals surface area contributed by atoms with Crippen LogP contribution in [0.5, 0.6) is 0 Å². The molecule has 2 heterocycles. The van der Waals surface area contributed by atoms with E-state index in [2.05, 4.69) is 12.2 Å². The van der Waals surface area contributed by atoms with Crippen molar-refractivity contribution in [3.63, 3.8) is 0 Å². The largest absolute Gasteiger partial charge is 0.325 e. The molecule has 0 radical (unpaired) electrons. The molecule has 31 heavy (non-hydrogen) atoms. The van der Waals surface area contributed by atoms with Crippen LogP contribution in [0.3, 0.4) is 0 Å². The molecule has 0 aliphatic heterocycles. The predicted molar refractivity (Wildman–Crippen MR) is 130 cm³/mol. The van der Waals surface area contributed by atoms with Gasteiger partial charge in [-0.2, -0.15) is 0 Å². The van der Waals surface area contributed by atoms with Crippen molar-refractivity contribution >= 4 is 44.9 Å². The monoisotopic (exact) mass is 449 g/mol. The Morgan fingerprint density at radius 3 is 2.71 bits per heavy atom. The first-order valence-corrected chi connectivity index (χ1v) is 11.9. The van der Waals surface area contributed by atoms with Gasteiger partial charge in [0.1, 0.15) is 4.70 Å². The van der Waals surface area contributed by atoms with E-state index in [1.165, 1.54) is 38.8 Å². The number of hydrogen-bond acceptors (Lipinski definition) is 5. The van der Waals surface area contributed by atoms with Gasteiger partial charge in [0.25, 0.3) is 5.56 Å². The van der Waals surface area contributed by atoms with Gasteiger partial charge >= 0.3 is 0 Å². The quantitative estimate of drug-likeness (QED) is 0.322. The lowest BCUT2D eigenvalue weighted by atomic mass is 10.1. The highest BCUT2D eigenvalue weighted by atomic mass is 32.2. The van der Waals surface area contributed by atoms with Gasteiger partial charge in [0.05, 0.1) is 11.3 Å². The number of thioether (sulfide) groups is 1. The molecule has 4 rings (SSSR count). The molecule has 158 valence electrons. The van der Waals surface area contributed by atoms with E-state index in [-0.39, 0.29) is 17.2 Å². The first-order chi connectivity index (χ1) is 15.0. The fraction of sp³-hybridized carbons (Fsp3) is 0.208. The second kappa shape index (κ2) is 9.08. The fourth-order valence-electron chi connectivity index (χ4n) is 3.29. The SMILES string of the molecule is CCc1cccc(NC(=O)CSc2nc3c(-c4ccc(C)cc4)csc3c(=O)n2C)c1. The molecule has 0 spiro atoms. The Hall–Kier alpha value is -2.90. The highest BCUT2D eigenvalue weighted by Gasteiger charge is 2.16. The van der Waals surface area contributed by atoms with Crippen LogP contribution in [0.2, 0.25) is 0 Å². The number of nitrogens with zero attached hydrogens (tertiary/aromatic N) is 2. The second-order valence-corrected chi connectivity index (χ2v) is 9.16. The fourth-order valence-corrected chi connectivity index (χ4v) is 5.04. The summed E-state index contributed by atoms with van der Waals surface area (Å²) in [5.74, 6) is 0.0447. The molecule has 4 aromatic rings. The van der Waals surface area contributed by atoms with E-state index < -0.39 is 0 Å². The molecule has 0 unspecified atom stereocenters. The van der Waals surface area contributed by atoms with Crippen LogP contribution >= 0.6 is 23.1 Å². The number of carbonyl (C=O) groups excluding carboxylic acids is 1. The van der Waals surface area contributed by atoms with Crippen molar-refractivity contribution in [3.8, 4) is 11.1 Å². The van der Waals surface area contributed by atoms with Crippen molar-refractivity contribution in [3.05, 3.63) is 75.4 Å². The Balaban J connectivity index is 1.58. The van der Waals surface area contributed by atoms with Crippen LogP contribution in [0.15, 0.2) is 63.9 Å². The molecule has 0 bridgehead atoms. The number of thiophene rings is 1. The topological polar surface area (TPSA) is 64.0 Å². The number of rotatable bonds is 6. The molecular formula is C24H23N3O2S2. The van der Waals surface area contributed by atoms with Gasteiger partial charge in [-0.05, 0) is 36.6 Å². The van der Waals surface area contributed by atoms with E-state index in [1.807, 2.05) is 60.8 Å². The first-order valence-electron chi connectivity index (χ1n) is 10.0. The number of nitrogens with one attached hydrogen (secondary N) is 1. The van der Waals surface area contributed by atoms with Crippen LogP contribution in [0.25, 0.3) is 21.3 Å². The standard InChI is InChI=1S/C24H23N3O2S2/c1-4-16-6-5-7-18(12-16)25-20(28)14-31-24-26-21-19(17-10-8-15(2)9-11-17)13-30-22(21)23(29)27(24)3/h5-13H,4,14H2,1-3H3,(H,25,28). The van der Waals surface area contributed by atoms with Gasteiger partial charge in [0.2, 0.25) is 5.91 Å². The summed E-state index contributed by atoms with van der Waals surface area (Å²) in [7, 11) is 1.70. The van der Waals surface area contributed by atoms with Gasteiger partial charge in [-0.1, -0.05) is 60.6 Å². The molecule has 7 heteroatoms. The summed E-state index contributed by atoms with van der Waals surface area (Å²) < 4.78 is 2.15. The van der Waals surface area contributed by atoms with E-state index in [4.69, 9.17) is 4.98 Å². The van der Waals surface area contributed by atoms with Crippen molar-refractivity contribution in [2.45, 2.75) is 25.4 Å². The third-order valence-electron chi connectivity index (χ3n) is 5.07. The van der Waals surface area contributed by atoms with Gasteiger partial charge in [-0.15, -0.1) is 11.3 Å². The van der Waals surface area contributed by atoms with Gasteiger partial charge < -0.3 is 5.32 Å². The number of fused-ring (bicyclic) bond motifs is 1. The molecule has 0 aliphatic rings. The van der Waals surface area contributed by atoms with Crippen LogP contribution in [0, 0.1) is 6.92 Å². The minimum Gasteiger partial charge on any atom is -0.325 e. The van der Waals surface area contributed by atoms with Crippen molar-refractivity contribution in [1.82, 2.24) is 9.55 Å². The molecule has 0 atom stereocenters. The van der Waals surface area contributed by atoms with Crippen molar-refractivity contribution in [1.29, 1.82) is 0 Å². The van der Waals surface area contributed by atoms with Crippen LogP contribution < -0.4 is 10.9 Å². The minimum absolute atomic E-state index is 0.0908. The first kappa shape index (κ1) is 21.3. The molecule has 0 fully saturated rings. The highest BCUT2D eigenvalue weighted by molar-refractivity contribution is 7.99. The van der Waals surface area contributed by atoms with Gasteiger partial charge in [-0.25, -0.2) is 4.98 Å². The third kappa shape index (κ3) is 4.57. The molecule has 1 N–H and O–H groups in total. The summed E-state index contributed by atoms with van der Waals surface area (Å²) in [6.07, 6.45) is 0.911. The van der Waals surface area contributed by atoms with E-state index in [0.717, 1.165) is 23.2 Å². The maximum atomic E-state index is 12.9. The Kier molecular flexibility index (Phi) is 6.25. The zero-order valence-electron chi connectivity index (χ0n) is 17.6. The number of benzene rings is 2. The van der Waals surface area contributed by atoms with E-state index in [9.17, 15) is 9.59 Å². The Bertz CT molecular complexity index is 1310. The number of amides is 1. The van der Waals surface area contributed by atoms with Crippen molar-refractivity contribution in [2.75, 3.05) is 11.1 Å². The molecular weight excluding hydrogens is 426 g/mol. The second-order valence-electron chi connectivity index (χ2n) is 7.34. The van der Waals surface area contributed by atoms with E-state index in [0.29, 0.717) is 15.4 Å². The Labute approximate surface area is 189 Å². The highest BCUT2D eigenvalue weighted by Crippen LogP contribution is 2.32. The molecule has 2 aromatic carbocycles. The molecule has 0 saturated carbocycles.